The number of aryl methyl sites for hydroxylation is 2. The van der Waals surface area contributed by atoms with Crippen LogP contribution in [0.5, 0.6) is 0 Å². The molecule has 3 heterocycles. The number of fused-ring (bicyclic) bond motifs is 3. The Labute approximate surface area is 142 Å². The Morgan fingerprint density at radius 1 is 1.17 bits per heavy atom. The third-order valence-corrected chi connectivity index (χ3v) is 5.18. The highest BCUT2D eigenvalue weighted by Crippen LogP contribution is 2.37. The standard InChI is InChI=1S/C17H15ClN4S/c1-10-3-8-13-14-15(23-17(13)20-10)16(21-22(14)2)19-9-11-4-6-12(18)7-5-11/h3-8H,9H2,1-2H3,(H,19,21). The fourth-order valence-corrected chi connectivity index (χ4v) is 4.02. The lowest BCUT2D eigenvalue weighted by Crippen LogP contribution is -2.00. The van der Waals surface area contributed by atoms with Crippen molar-refractivity contribution in [3.05, 3.63) is 52.7 Å². The van der Waals surface area contributed by atoms with Crippen LogP contribution in [-0.2, 0) is 13.6 Å². The molecule has 1 N–H and O–H groups in total. The summed E-state index contributed by atoms with van der Waals surface area (Å²) in [6, 6.07) is 12.0. The topological polar surface area (TPSA) is 42.7 Å². The molecule has 0 amide bonds. The Bertz CT molecular complexity index is 1000. The van der Waals surface area contributed by atoms with Gasteiger partial charge in [-0.25, -0.2) is 4.98 Å². The van der Waals surface area contributed by atoms with Crippen LogP contribution in [0.2, 0.25) is 5.02 Å². The van der Waals surface area contributed by atoms with Gasteiger partial charge in [-0.3, -0.25) is 4.68 Å². The van der Waals surface area contributed by atoms with Gasteiger partial charge in [0.1, 0.15) is 4.83 Å². The summed E-state index contributed by atoms with van der Waals surface area (Å²) in [5.41, 5.74) is 3.34. The van der Waals surface area contributed by atoms with Crippen molar-refractivity contribution < 1.29 is 0 Å². The van der Waals surface area contributed by atoms with Crippen molar-refractivity contribution >= 4 is 49.2 Å². The molecule has 0 bridgehead atoms. The van der Waals surface area contributed by atoms with Gasteiger partial charge < -0.3 is 5.32 Å². The van der Waals surface area contributed by atoms with Crippen LogP contribution in [0.15, 0.2) is 36.4 Å². The highest BCUT2D eigenvalue weighted by atomic mass is 35.5. The Morgan fingerprint density at radius 2 is 1.96 bits per heavy atom. The molecule has 23 heavy (non-hydrogen) atoms. The Hall–Kier alpha value is -2.11. The Balaban J connectivity index is 1.72. The van der Waals surface area contributed by atoms with Crippen LogP contribution < -0.4 is 5.32 Å². The molecule has 4 rings (SSSR count). The van der Waals surface area contributed by atoms with Gasteiger partial charge in [0.25, 0.3) is 0 Å². The smallest absolute Gasteiger partial charge is 0.166 e. The van der Waals surface area contributed by atoms with E-state index in [4.69, 9.17) is 11.6 Å². The van der Waals surface area contributed by atoms with E-state index in [-0.39, 0.29) is 0 Å². The van der Waals surface area contributed by atoms with E-state index < -0.39 is 0 Å². The van der Waals surface area contributed by atoms with Crippen LogP contribution in [0.3, 0.4) is 0 Å². The summed E-state index contributed by atoms with van der Waals surface area (Å²) in [6.07, 6.45) is 0. The van der Waals surface area contributed by atoms with Crippen molar-refractivity contribution in [2.24, 2.45) is 7.05 Å². The highest BCUT2D eigenvalue weighted by molar-refractivity contribution is 7.26. The zero-order valence-corrected chi connectivity index (χ0v) is 14.4. The predicted octanol–water partition coefficient (Wildman–Crippen LogP) is 4.76. The molecule has 0 saturated heterocycles. The van der Waals surface area contributed by atoms with Crippen molar-refractivity contribution in [3.8, 4) is 0 Å². The summed E-state index contributed by atoms with van der Waals surface area (Å²) in [4.78, 5) is 5.69. The van der Waals surface area contributed by atoms with Crippen molar-refractivity contribution in [3.63, 3.8) is 0 Å². The average Bonchev–Trinajstić information content (AvgIpc) is 3.04. The van der Waals surface area contributed by atoms with Crippen molar-refractivity contribution in [2.45, 2.75) is 13.5 Å². The van der Waals surface area contributed by atoms with Gasteiger partial charge in [-0.2, -0.15) is 5.10 Å². The van der Waals surface area contributed by atoms with Crippen molar-refractivity contribution in [1.29, 1.82) is 0 Å². The number of nitrogens with one attached hydrogen (secondary N) is 1. The molecule has 116 valence electrons. The second-order valence-electron chi connectivity index (χ2n) is 5.54. The number of halogens is 1. The third kappa shape index (κ3) is 2.56. The number of aromatic nitrogens is 3. The SMILES string of the molecule is Cc1ccc2c(n1)sc1c(NCc3ccc(Cl)cc3)nn(C)c12. The zero-order valence-electron chi connectivity index (χ0n) is 12.8. The van der Waals surface area contributed by atoms with Gasteiger partial charge in [-0.1, -0.05) is 23.7 Å². The number of rotatable bonds is 3. The molecule has 0 radical (unpaired) electrons. The first-order valence-corrected chi connectivity index (χ1v) is 8.52. The molecule has 4 nitrogen and oxygen atoms in total. The minimum atomic E-state index is 0.712. The number of benzene rings is 1. The molecule has 0 fully saturated rings. The van der Waals surface area contributed by atoms with Crippen LogP contribution in [-0.4, -0.2) is 14.8 Å². The van der Waals surface area contributed by atoms with Crippen molar-refractivity contribution in [1.82, 2.24) is 14.8 Å². The molecule has 6 heteroatoms. The normalized spacial score (nSPS) is 11.4. The summed E-state index contributed by atoms with van der Waals surface area (Å²) in [7, 11) is 1.97. The monoisotopic (exact) mass is 342 g/mol. The summed E-state index contributed by atoms with van der Waals surface area (Å²) in [5.74, 6) is 0.901. The third-order valence-electron chi connectivity index (χ3n) is 3.83. The first-order chi connectivity index (χ1) is 11.1. The van der Waals surface area contributed by atoms with E-state index in [2.05, 4.69) is 21.5 Å². The van der Waals surface area contributed by atoms with Gasteiger partial charge in [0.15, 0.2) is 5.82 Å². The molecule has 0 aliphatic heterocycles. The lowest BCUT2D eigenvalue weighted by Gasteiger charge is -2.03. The number of anilines is 1. The second kappa shape index (κ2) is 5.51. The van der Waals surface area contributed by atoms with Crippen LogP contribution in [0.4, 0.5) is 5.82 Å². The minimum absolute atomic E-state index is 0.712. The fraction of sp³-hybridized carbons (Fsp3) is 0.176. The van der Waals surface area contributed by atoms with Gasteiger partial charge in [-0.15, -0.1) is 11.3 Å². The molecule has 0 unspecified atom stereocenters. The first-order valence-electron chi connectivity index (χ1n) is 7.33. The molecule has 1 aromatic carbocycles. The zero-order chi connectivity index (χ0) is 16.0. The molecule has 4 aromatic rings. The first kappa shape index (κ1) is 14.5. The van der Waals surface area contributed by atoms with Crippen molar-refractivity contribution in [2.75, 3.05) is 5.32 Å². The summed E-state index contributed by atoms with van der Waals surface area (Å²) in [6.45, 7) is 2.73. The Morgan fingerprint density at radius 3 is 2.74 bits per heavy atom. The van der Waals surface area contributed by atoms with E-state index in [1.165, 1.54) is 5.56 Å². The van der Waals surface area contributed by atoms with Crippen LogP contribution in [0.25, 0.3) is 20.4 Å². The second-order valence-corrected chi connectivity index (χ2v) is 6.97. The van der Waals surface area contributed by atoms with Crippen LogP contribution >= 0.6 is 22.9 Å². The van der Waals surface area contributed by atoms with E-state index in [1.807, 2.05) is 49.0 Å². The van der Waals surface area contributed by atoms with Gasteiger partial charge >= 0.3 is 0 Å². The van der Waals surface area contributed by atoms with E-state index in [9.17, 15) is 0 Å². The summed E-state index contributed by atoms with van der Waals surface area (Å²) in [5, 5.41) is 9.95. The number of pyridine rings is 1. The Kier molecular flexibility index (Phi) is 3.47. The summed E-state index contributed by atoms with van der Waals surface area (Å²) >= 11 is 7.61. The number of nitrogens with zero attached hydrogens (tertiary/aromatic N) is 3. The maximum absolute atomic E-state index is 5.93. The lowest BCUT2D eigenvalue weighted by molar-refractivity contribution is 0.799. The minimum Gasteiger partial charge on any atom is -0.363 e. The predicted molar refractivity (Wildman–Crippen MR) is 97.4 cm³/mol. The molecule has 0 saturated carbocycles. The molecule has 0 spiro atoms. The fourth-order valence-electron chi connectivity index (χ4n) is 2.69. The van der Waals surface area contributed by atoms with Gasteiger partial charge in [0.05, 0.1) is 10.2 Å². The van der Waals surface area contributed by atoms with Crippen LogP contribution in [0, 0.1) is 6.92 Å². The molecular formula is C17H15ClN4S. The quantitative estimate of drug-likeness (QED) is 0.584. The highest BCUT2D eigenvalue weighted by Gasteiger charge is 2.15. The number of hydrogen-bond donors (Lipinski definition) is 1. The van der Waals surface area contributed by atoms with E-state index in [0.717, 1.165) is 37.0 Å². The molecule has 3 aromatic heterocycles. The molecule has 0 aliphatic carbocycles. The van der Waals surface area contributed by atoms with Crippen LogP contribution in [0.1, 0.15) is 11.3 Å². The maximum Gasteiger partial charge on any atom is 0.166 e. The van der Waals surface area contributed by atoms with Gasteiger partial charge in [-0.05, 0) is 36.8 Å². The lowest BCUT2D eigenvalue weighted by atomic mass is 10.2. The van der Waals surface area contributed by atoms with Gasteiger partial charge in [0, 0.05) is 29.7 Å². The van der Waals surface area contributed by atoms with E-state index in [1.54, 1.807) is 11.3 Å². The van der Waals surface area contributed by atoms with E-state index >= 15 is 0 Å². The molecule has 0 atom stereocenters. The average molecular weight is 343 g/mol. The van der Waals surface area contributed by atoms with Gasteiger partial charge in [0.2, 0.25) is 0 Å². The molecule has 0 aliphatic rings. The maximum atomic E-state index is 5.93. The summed E-state index contributed by atoms with van der Waals surface area (Å²) < 4.78 is 3.07. The molecular weight excluding hydrogens is 328 g/mol. The number of hydrogen-bond acceptors (Lipinski definition) is 4. The van der Waals surface area contributed by atoms with E-state index in [0.29, 0.717) is 6.54 Å². The largest absolute Gasteiger partial charge is 0.363 e. The number of thiophene rings is 1.